The van der Waals surface area contributed by atoms with Gasteiger partial charge in [-0.2, -0.15) is 0 Å². The molecule has 4 heteroatoms. The number of hydrogen-bond donors (Lipinski definition) is 1. The largest absolute Gasteiger partial charge is 0.457 e. The molecule has 0 aliphatic rings. The van der Waals surface area contributed by atoms with Crippen LogP contribution < -0.4 is 10.1 Å². The molecule has 0 radical (unpaired) electrons. The molecule has 5 aromatic rings. The molecule has 1 heterocycles. The van der Waals surface area contributed by atoms with Crippen LogP contribution in [0.2, 0.25) is 0 Å². The Morgan fingerprint density at radius 2 is 1.16 bits per heavy atom. The topological polar surface area (TPSA) is 34.1 Å². The monoisotopic (exact) mass is 420 g/mol. The van der Waals surface area contributed by atoms with Gasteiger partial charge < -0.3 is 10.1 Å². The lowest BCUT2D eigenvalue weighted by Crippen LogP contribution is -1.90. The third kappa shape index (κ3) is 4.65. The molecule has 0 unspecified atom stereocenters. The lowest BCUT2D eigenvalue weighted by Gasteiger charge is -2.07. The van der Waals surface area contributed by atoms with E-state index in [-0.39, 0.29) is 0 Å². The van der Waals surface area contributed by atoms with Crippen LogP contribution in [0.3, 0.4) is 0 Å². The number of ether oxygens (including phenoxy) is 1. The Morgan fingerprint density at radius 1 is 0.581 bits per heavy atom. The van der Waals surface area contributed by atoms with Gasteiger partial charge in [0.2, 0.25) is 0 Å². The van der Waals surface area contributed by atoms with E-state index >= 15 is 0 Å². The number of thiazole rings is 1. The average Bonchev–Trinajstić information content (AvgIpc) is 3.30. The molecule has 4 aromatic carbocycles. The van der Waals surface area contributed by atoms with Gasteiger partial charge in [-0.25, -0.2) is 4.98 Å². The summed E-state index contributed by atoms with van der Waals surface area (Å²) in [6.45, 7) is 0. The van der Waals surface area contributed by atoms with Gasteiger partial charge in [0.05, 0.1) is 5.69 Å². The van der Waals surface area contributed by atoms with E-state index < -0.39 is 0 Å². The lowest BCUT2D eigenvalue weighted by atomic mass is 10.0. The molecule has 0 saturated heterocycles. The summed E-state index contributed by atoms with van der Waals surface area (Å²) >= 11 is 1.59. The van der Waals surface area contributed by atoms with Crippen molar-refractivity contribution < 1.29 is 4.74 Å². The standard InChI is InChI=1S/C27H20N2OS/c1-3-7-20(8-4-1)21-11-13-22(14-12-21)26-19-31-27(29-26)28-23-15-17-25(18-16-23)30-24-9-5-2-6-10-24/h1-19H,(H,28,29). The Kier molecular flexibility index (Phi) is 5.46. The minimum absolute atomic E-state index is 0.801. The first kappa shape index (κ1) is 19.1. The lowest BCUT2D eigenvalue weighted by molar-refractivity contribution is 0.483. The molecule has 150 valence electrons. The van der Waals surface area contributed by atoms with Gasteiger partial charge >= 0.3 is 0 Å². The van der Waals surface area contributed by atoms with E-state index in [9.17, 15) is 0 Å². The number of aromatic nitrogens is 1. The fraction of sp³-hybridized carbons (Fsp3) is 0. The summed E-state index contributed by atoms with van der Waals surface area (Å²) in [5.41, 5.74) is 5.47. The Hall–Kier alpha value is -3.89. The number of nitrogens with zero attached hydrogens (tertiary/aromatic N) is 1. The van der Waals surface area contributed by atoms with E-state index in [0.717, 1.165) is 33.6 Å². The third-order valence-corrected chi connectivity index (χ3v) is 5.63. The van der Waals surface area contributed by atoms with Gasteiger partial charge in [-0.05, 0) is 47.5 Å². The molecule has 0 amide bonds. The van der Waals surface area contributed by atoms with Crippen LogP contribution in [0.4, 0.5) is 10.8 Å². The SMILES string of the molecule is c1ccc(Oc2ccc(Nc3nc(-c4ccc(-c5ccccc5)cc4)cs3)cc2)cc1. The van der Waals surface area contributed by atoms with Crippen LogP contribution in [0, 0.1) is 0 Å². The summed E-state index contributed by atoms with van der Waals surface area (Å²) in [6, 6.07) is 36.6. The maximum Gasteiger partial charge on any atom is 0.187 e. The van der Waals surface area contributed by atoms with E-state index in [1.165, 1.54) is 11.1 Å². The van der Waals surface area contributed by atoms with Crippen LogP contribution in [0.15, 0.2) is 115 Å². The molecule has 0 aliphatic carbocycles. The second-order valence-electron chi connectivity index (χ2n) is 7.05. The zero-order valence-corrected chi connectivity index (χ0v) is 17.5. The molecule has 3 nitrogen and oxygen atoms in total. The van der Waals surface area contributed by atoms with E-state index in [0.29, 0.717) is 0 Å². The predicted molar refractivity (Wildman–Crippen MR) is 129 cm³/mol. The number of benzene rings is 4. The maximum atomic E-state index is 5.85. The zero-order chi connectivity index (χ0) is 20.9. The van der Waals surface area contributed by atoms with Crippen LogP contribution in [-0.2, 0) is 0 Å². The second kappa shape index (κ2) is 8.86. The highest BCUT2D eigenvalue weighted by Gasteiger charge is 2.06. The molecule has 1 N–H and O–H groups in total. The fourth-order valence-electron chi connectivity index (χ4n) is 3.28. The third-order valence-electron chi connectivity index (χ3n) is 4.88. The molecular formula is C27H20N2OS. The van der Waals surface area contributed by atoms with Crippen LogP contribution >= 0.6 is 11.3 Å². The average molecular weight is 421 g/mol. The van der Waals surface area contributed by atoms with E-state index in [1.807, 2.05) is 60.7 Å². The summed E-state index contributed by atoms with van der Waals surface area (Å²) in [6.07, 6.45) is 0. The van der Waals surface area contributed by atoms with E-state index in [1.54, 1.807) is 11.3 Å². The first-order valence-electron chi connectivity index (χ1n) is 10.0. The normalized spacial score (nSPS) is 10.6. The highest BCUT2D eigenvalue weighted by atomic mass is 32.1. The van der Waals surface area contributed by atoms with E-state index in [2.05, 4.69) is 59.2 Å². The number of anilines is 2. The van der Waals surface area contributed by atoms with Crippen molar-refractivity contribution in [3.05, 3.63) is 115 Å². The fourth-order valence-corrected chi connectivity index (χ4v) is 4.02. The molecule has 0 saturated carbocycles. The van der Waals surface area contributed by atoms with Gasteiger partial charge in [0.1, 0.15) is 11.5 Å². The predicted octanol–water partition coefficient (Wildman–Crippen LogP) is 8.01. The molecular weight excluding hydrogens is 400 g/mol. The van der Waals surface area contributed by atoms with Crippen LogP contribution in [0.1, 0.15) is 0 Å². The van der Waals surface area contributed by atoms with Crippen LogP contribution in [0.25, 0.3) is 22.4 Å². The van der Waals surface area contributed by atoms with Crippen molar-refractivity contribution >= 4 is 22.2 Å². The molecule has 0 spiro atoms. The van der Waals surface area contributed by atoms with Crippen LogP contribution in [0.5, 0.6) is 11.5 Å². The molecule has 5 rings (SSSR count). The highest BCUT2D eigenvalue weighted by Crippen LogP contribution is 2.30. The summed E-state index contributed by atoms with van der Waals surface area (Å²) in [5, 5.41) is 6.31. The van der Waals surface area contributed by atoms with Crippen molar-refractivity contribution in [3.63, 3.8) is 0 Å². The van der Waals surface area contributed by atoms with Crippen molar-refractivity contribution in [2.24, 2.45) is 0 Å². The number of nitrogens with one attached hydrogen (secondary N) is 1. The van der Waals surface area contributed by atoms with Gasteiger partial charge in [0.25, 0.3) is 0 Å². The number of para-hydroxylation sites is 1. The van der Waals surface area contributed by atoms with Gasteiger partial charge in [-0.3, -0.25) is 0 Å². The smallest absolute Gasteiger partial charge is 0.187 e. The summed E-state index contributed by atoms with van der Waals surface area (Å²) in [7, 11) is 0. The van der Waals surface area contributed by atoms with Gasteiger partial charge in [-0.1, -0.05) is 72.8 Å². The minimum Gasteiger partial charge on any atom is -0.457 e. The highest BCUT2D eigenvalue weighted by molar-refractivity contribution is 7.14. The maximum absolute atomic E-state index is 5.85. The minimum atomic E-state index is 0.801. The molecule has 1 aromatic heterocycles. The van der Waals surface area contributed by atoms with Crippen molar-refractivity contribution in [1.82, 2.24) is 4.98 Å². The van der Waals surface area contributed by atoms with Crippen molar-refractivity contribution in [1.29, 1.82) is 0 Å². The molecule has 0 aliphatic heterocycles. The first-order valence-corrected chi connectivity index (χ1v) is 10.9. The second-order valence-corrected chi connectivity index (χ2v) is 7.90. The van der Waals surface area contributed by atoms with E-state index in [4.69, 9.17) is 9.72 Å². The quantitative estimate of drug-likeness (QED) is 0.302. The Balaban J connectivity index is 1.25. The van der Waals surface area contributed by atoms with Gasteiger partial charge in [0.15, 0.2) is 5.13 Å². The van der Waals surface area contributed by atoms with Gasteiger partial charge in [0, 0.05) is 16.6 Å². The Morgan fingerprint density at radius 3 is 1.87 bits per heavy atom. The molecule has 0 atom stereocenters. The number of rotatable bonds is 6. The molecule has 0 bridgehead atoms. The first-order chi connectivity index (χ1) is 15.3. The molecule has 0 fully saturated rings. The summed E-state index contributed by atoms with van der Waals surface area (Å²) in [5.74, 6) is 1.63. The van der Waals surface area contributed by atoms with Crippen LogP contribution in [-0.4, -0.2) is 4.98 Å². The zero-order valence-electron chi connectivity index (χ0n) is 16.7. The molecule has 31 heavy (non-hydrogen) atoms. The van der Waals surface area contributed by atoms with Crippen molar-refractivity contribution in [3.8, 4) is 33.9 Å². The Bertz CT molecular complexity index is 1250. The Labute approximate surface area is 185 Å². The summed E-state index contributed by atoms with van der Waals surface area (Å²) in [4.78, 5) is 4.74. The summed E-state index contributed by atoms with van der Waals surface area (Å²) < 4.78 is 5.85. The number of hydrogen-bond acceptors (Lipinski definition) is 4. The van der Waals surface area contributed by atoms with Gasteiger partial charge in [-0.15, -0.1) is 11.3 Å². The van der Waals surface area contributed by atoms with Crippen molar-refractivity contribution in [2.75, 3.05) is 5.32 Å². The van der Waals surface area contributed by atoms with Crippen molar-refractivity contribution in [2.45, 2.75) is 0 Å².